The topological polar surface area (TPSA) is 20.3 Å². The second-order valence-electron chi connectivity index (χ2n) is 11.4. The normalized spacial score (nSPS) is 36.7. The second-order valence-corrected chi connectivity index (χ2v) is 11.4. The maximum Gasteiger partial charge on any atom is 0.139 e. The average molecular weight is 414 g/mol. The Hall–Kier alpha value is -1.93. The Morgan fingerprint density at radius 2 is 1.58 bits per heavy atom. The molecule has 2 unspecified atom stereocenters. The zero-order valence-electron chi connectivity index (χ0n) is 18.6. The Labute approximate surface area is 187 Å². The molecule has 5 fully saturated rings. The van der Waals surface area contributed by atoms with Crippen molar-refractivity contribution in [1.82, 2.24) is 4.90 Å². The molecule has 4 saturated carbocycles. The molecule has 4 aliphatic carbocycles. The fourth-order valence-electron chi connectivity index (χ4n) is 8.26. The van der Waals surface area contributed by atoms with E-state index in [4.69, 9.17) is 0 Å². The molecule has 31 heavy (non-hydrogen) atoms. The Kier molecular flexibility index (Phi) is 4.83. The van der Waals surface area contributed by atoms with Crippen LogP contribution in [0.1, 0.15) is 62.5 Å². The molecule has 7 rings (SSSR count). The van der Waals surface area contributed by atoms with Crippen molar-refractivity contribution in [3.63, 3.8) is 0 Å². The van der Waals surface area contributed by atoms with E-state index in [2.05, 4.69) is 65.6 Å². The molecule has 2 aromatic carbocycles. The number of likely N-dealkylation sites (tertiary alicyclic amines) is 1. The van der Waals surface area contributed by atoms with Crippen LogP contribution in [0.2, 0.25) is 0 Å². The summed E-state index contributed by atoms with van der Waals surface area (Å²) in [4.78, 5) is 16.4. The molecule has 1 saturated heterocycles. The minimum absolute atomic E-state index is 0.0211. The summed E-state index contributed by atoms with van der Waals surface area (Å²) in [6.07, 6.45) is 9.48. The number of rotatable bonds is 6. The number of hydrogen-bond acceptors (Lipinski definition) is 2. The lowest BCUT2D eigenvalue weighted by molar-refractivity contribution is -0.147. The summed E-state index contributed by atoms with van der Waals surface area (Å²) in [6, 6.07) is 22.0. The Bertz CT molecular complexity index is 922. The summed E-state index contributed by atoms with van der Waals surface area (Å²) >= 11 is 0. The smallest absolute Gasteiger partial charge is 0.139 e. The van der Waals surface area contributed by atoms with Gasteiger partial charge in [-0.05, 0) is 85.8 Å². The zero-order chi connectivity index (χ0) is 20.9. The predicted molar refractivity (Wildman–Crippen MR) is 125 cm³/mol. The van der Waals surface area contributed by atoms with Crippen LogP contribution in [0.3, 0.4) is 0 Å². The monoisotopic (exact) mass is 413 g/mol. The van der Waals surface area contributed by atoms with Crippen molar-refractivity contribution in [3.8, 4) is 0 Å². The van der Waals surface area contributed by atoms with Crippen LogP contribution in [0.15, 0.2) is 60.7 Å². The molecule has 3 atom stereocenters. The van der Waals surface area contributed by atoms with Gasteiger partial charge in [0, 0.05) is 24.9 Å². The van der Waals surface area contributed by atoms with Gasteiger partial charge in [-0.2, -0.15) is 0 Å². The highest BCUT2D eigenvalue weighted by molar-refractivity contribution is 5.86. The first-order chi connectivity index (χ1) is 15.1. The minimum Gasteiger partial charge on any atom is -0.299 e. The van der Waals surface area contributed by atoms with Gasteiger partial charge in [0.1, 0.15) is 5.78 Å². The van der Waals surface area contributed by atoms with Gasteiger partial charge in [0.2, 0.25) is 0 Å². The molecule has 1 heterocycles. The third-order valence-electron chi connectivity index (χ3n) is 9.13. The van der Waals surface area contributed by atoms with E-state index in [1.807, 2.05) is 0 Å². The second kappa shape index (κ2) is 7.59. The third kappa shape index (κ3) is 3.57. The van der Waals surface area contributed by atoms with E-state index in [1.54, 1.807) is 0 Å². The van der Waals surface area contributed by atoms with E-state index in [1.165, 1.54) is 49.7 Å². The summed E-state index contributed by atoms with van der Waals surface area (Å²) in [7, 11) is 0. The molecule has 2 heteroatoms. The minimum atomic E-state index is -0.0211. The largest absolute Gasteiger partial charge is 0.299 e. The van der Waals surface area contributed by atoms with Gasteiger partial charge in [-0.1, -0.05) is 60.7 Å². The average Bonchev–Trinajstić information content (AvgIpc) is 3.21. The van der Waals surface area contributed by atoms with E-state index in [0.717, 1.165) is 44.3 Å². The van der Waals surface area contributed by atoms with Gasteiger partial charge in [-0.25, -0.2) is 0 Å². The number of benzene rings is 2. The zero-order valence-corrected chi connectivity index (χ0v) is 18.6. The Balaban J connectivity index is 1.16. The molecule has 2 aromatic rings. The number of hydrogen-bond donors (Lipinski definition) is 0. The SMILES string of the molecule is O=C(C[C@@H]1CCN(Cc2ccccc2)C1)C12CC3CC(C1)CC(c1ccccc1)(C3)C2. The van der Waals surface area contributed by atoms with Gasteiger partial charge in [0.05, 0.1) is 0 Å². The molecule has 0 radical (unpaired) electrons. The molecule has 1 aliphatic heterocycles. The van der Waals surface area contributed by atoms with Gasteiger partial charge >= 0.3 is 0 Å². The molecule has 0 N–H and O–H groups in total. The maximum absolute atomic E-state index is 13.9. The quantitative estimate of drug-likeness (QED) is 0.578. The van der Waals surface area contributed by atoms with Crippen molar-refractivity contribution in [2.24, 2.45) is 23.2 Å². The van der Waals surface area contributed by atoms with Crippen molar-refractivity contribution in [3.05, 3.63) is 71.8 Å². The van der Waals surface area contributed by atoms with E-state index < -0.39 is 0 Å². The van der Waals surface area contributed by atoms with Crippen molar-refractivity contribution < 1.29 is 4.79 Å². The molecule has 0 amide bonds. The van der Waals surface area contributed by atoms with Crippen LogP contribution in [-0.2, 0) is 16.8 Å². The number of carbonyl (C=O) groups excluding carboxylic acids is 1. The first-order valence-corrected chi connectivity index (χ1v) is 12.5. The first kappa shape index (κ1) is 19.7. The van der Waals surface area contributed by atoms with Crippen LogP contribution in [0.25, 0.3) is 0 Å². The van der Waals surface area contributed by atoms with Gasteiger partial charge in [-0.15, -0.1) is 0 Å². The third-order valence-corrected chi connectivity index (χ3v) is 9.13. The Morgan fingerprint density at radius 1 is 0.903 bits per heavy atom. The molecule has 2 nitrogen and oxygen atoms in total. The fourth-order valence-corrected chi connectivity index (χ4v) is 8.26. The summed E-state index contributed by atoms with van der Waals surface area (Å²) in [5, 5.41) is 0. The van der Waals surface area contributed by atoms with Crippen LogP contribution in [0, 0.1) is 23.2 Å². The number of ketones is 1. The lowest BCUT2D eigenvalue weighted by atomic mass is 9.42. The number of carbonyl (C=O) groups is 1. The highest BCUT2D eigenvalue weighted by Gasteiger charge is 2.60. The number of nitrogens with zero attached hydrogens (tertiary/aromatic N) is 1. The Morgan fingerprint density at radius 3 is 2.29 bits per heavy atom. The van der Waals surface area contributed by atoms with Gasteiger partial charge in [0.25, 0.3) is 0 Å². The van der Waals surface area contributed by atoms with E-state index in [9.17, 15) is 4.79 Å². The predicted octanol–water partition coefficient (Wildman–Crippen LogP) is 6.01. The van der Waals surface area contributed by atoms with Crippen molar-refractivity contribution in [2.45, 2.75) is 63.3 Å². The number of Topliss-reactive ketones (excluding diaryl/α,β-unsaturated/α-hetero) is 1. The lowest BCUT2D eigenvalue weighted by Gasteiger charge is -2.62. The molecular formula is C29H35NO. The van der Waals surface area contributed by atoms with Crippen LogP contribution >= 0.6 is 0 Å². The van der Waals surface area contributed by atoms with Crippen LogP contribution in [0.5, 0.6) is 0 Å². The molecule has 162 valence electrons. The molecule has 5 aliphatic rings. The van der Waals surface area contributed by atoms with Crippen molar-refractivity contribution in [2.75, 3.05) is 13.1 Å². The summed E-state index contributed by atoms with van der Waals surface area (Å²) in [6.45, 7) is 3.25. The maximum atomic E-state index is 13.9. The van der Waals surface area contributed by atoms with Crippen molar-refractivity contribution in [1.29, 1.82) is 0 Å². The highest BCUT2D eigenvalue weighted by Crippen LogP contribution is 2.66. The molecular weight excluding hydrogens is 378 g/mol. The van der Waals surface area contributed by atoms with Crippen LogP contribution < -0.4 is 0 Å². The highest BCUT2D eigenvalue weighted by atomic mass is 16.1. The van der Waals surface area contributed by atoms with E-state index in [0.29, 0.717) is 11.7 Å². The summed E-state index contributed by atoms with van der Waals surface area (Å²) < 4.78 is 0. The summed E-state index contributed by atoms with van der Waals surface area (Å²) in [5.74, 6) is 2.71. The summed E-state index contributed by atoms with van der Waals surface area (Å²) in [5.41, 5.74) is 3.15. The first-order valence-electron chi connectivity index (χ1n) is 12.5. The van der Waals surface area contributed by atoms with Gasteiger partial charge in [0.15, 0.2) is 0 Å². The van der Waals surface area contributed by atoms with Gasteiger partial charge in [-0.3, -0.25) is 9.69 Å². The molecule has 0 spiro atoms. The van der Waals surface area contributed by atoms with Gasteiger partial charge < -0.3 is 0 Å². The molecule has 4 bridgehead atoms. The fraction of sp³-hybridized carbons (Fsp3) is 0.552. The molecule has 0 aromatic heterocycles. The van der Waals surface area contributed by atoms with Crippen LogP contribution in [-0.4, -0.2) is 23.8 Å². The standard InChI is InChI=1S/C29H35NO/c31-27(14-23-11-12-30(20-23)19-22-7-3-1-4-8-22)29-17-24-13-25(18-29)16-28(15-24,21-29)26-9-5-2-6-10-26/h1-10,23-25H,11-21H2/t23-,24?,25?,28?,29?/m0/s1. The van der Waals surface area contributed by atoms with Crippen LogP contribution in [0.4, 0.5) is 0 Å². The van der Waals surface area contributed by atoms with E-state index in [-0.39, 0.29) is 10.8 Å². The lowest BCUT2D eigenvalue weighted by Crippen LogP contribution is -2.57. The van der Waals surface area contributed by atoms with Crippen molar-refractivity contribution >= 4 is 5.78 Å². The van der Waals surface area contributed by atoms with E-state index >= 15 is 0 Å².